The molecule has 4 nitrogen and oxygen atoms in total. The molecule has 0 aliphatic heterocycles. The summed E-state index contributed by atoms with van der Waals surface area (Å²) in [6.07, 6.45) is 3.71. The number of carbonyl (C=O) groups is 2. The molecule has 1 fully saturated rings. The van der Waals surface area contributed by atoms with E-state index in [2.05, 4.69) is 21.2 Å². The van der Waals surface area contributed by atoms with Crippen molar-refractivity contribution < 1.29 is 14.7 Å². The highest BCUT2D eigenvalue weighted by molar-refractivity contribution is 9.10. The van der Waals surface area contributed by atoms with Crippen LogP contribution in [-0.2, 0) is 4.79 Å². The lowest BCUT2D eigenvalue weighted by Crippen LogP contribution is -2.55. The molecule has 1 saturated carbocycles. The van der Waals surface area contributed by atoms with Crippen molar-refractivity contribution in [3.05, 3.63) is 33.8 Å². The van der Waals surface area contributed by atoms with Gasteiger partial charge in [-0.05, 0) is 37.5 Å². The van der Waals surface area contributed by atoms with Crippen LogP contribution in [0, 0.1) is 6.92 Å². The summed E-state index contributed by atoms with van der Waals surface area (Å²) in [7, 11) is 0. The Hall–Kier alpha value is -1.36. The SMILES string of the molecule is Cc1ccc(Br)cc1C(=O)NC1(C(=O)O)CCCCC1. The van der Waals surface area contributed by atoms with Crippen molar-refractivity contribution in [2.24, 2.45) is 0 Å². The molecule has 1 aliphatic carbocycles. The number of aliphatic carboxylic acids is 1. The van der Waals surface area contributed by atoms with Gasteiger partial charge in [0, 0.05) is 10.0 Å². The molecule has 1 aliphatic rings. The summed E-state index contributed by atoms with van der Waals surface area (Å²) in [5.74, 6) is -1.24. The fourth-order valence-electron chi connectivity index (χ4n) is 2.67. The predicted molar refractivity (Wildman–Crippen MR) is 79.8 cm³/mol. The minimum absolute atomic E-state index is 0.312. The Morgan fingerprint density at radius 3 is 2.50 bits per heavy atom. The Labute approximate surface area is 126 Å². The first-order valence-corrected chi connectivity index (χ1v) is 7.56. The number of carboxylic acid groups (broad SMARTS) is 1. The van der Waals surface area contributed by atoms with Crippen molar-refractivity contribution >= 4 is 27.8 Å². The van der Waals surface area contributed by atoms with Gasteiger partial charge in [-0.25, -0.2) is 4.79 Å². The van der Waals surface area contributed by atoms with Gasteiger partial charge in [-0.1, -0.05) is 41.3 Å². The Morgan fingerprint density at radius 1 is 1.25 bits per heavy atom. The van der Waals surface area contributed by atoms with E-state index in [9.17, 15) is 14.7 Å². The summed E-state index contributed by atoms with van der Waals surface area (Å²) in [4.78, 5) is 24.0. The van der Waals surface area contributed by atoms with E-state index >= 15 is 0 Å². The Kier molecular flexibility index (Phi) is 4.48. The van der Waals surface area contributed by atoms with Crippen LogP contribution in [0.4, 0.5) is 0 Å². The summed E-state index contributed by atoms with van der Waals surface area (Å²) in [5.41, 5.74) is 0.247. The molecule has 20 heavy (non-hydrogen) atoms. The molecule has 2 rings (SSSR count). The number of carboxylic acids is 1. The highest BCUT2D eigenvalue weighted by atomic mass is 79.9. The molecule has 0 aromatic heterocycles. The van der Waals surface area contributed by atoms with Gasteiger partial charge in [-0.2, -0.15) is 0 Å². The van der Waals surface area contributed by atoms with Crippen LogP contribution in [0.2, 0.25) is 0 Å². The van der Waals surface area contributed by atoms with E-state index in [0.717, 1.165) is 29.3 Å². The summed E-state index contributed by atoms with van der Waals surface area (Å²) >= 11 is 3.34. The van der Waals surface area contributed by atoms with Gasteiger partial charge in [0.2, 0.25) is 0 Å². The quantitative estimate of drug-likeness (QED) is 0.887. The predicted octanol–water partition coefficient (Wildman–Crippen LogP) is 3.27. The molecule has 0 atom stereocenters. The maximum Gasteiger partial charge on any atom is 0.329 e. The second-order valence-corrected chi connectivity index (χ2v) is 6.28. The number of amides is 1. The van der Waals surface area contributed by atoms with Crippen molar-refractivity contribution in [1.29, 1.82) is 0 Å². The first kappa shape index (κ1) is 15.0. The van der Waals surface area contributed by atoms with E-state index in [1.54, 1.807) is 6.07 Å². The van der Waals surface area contributed by atoms with Crippen molar-refractivity contribution in [3.63, 3.8) is 0 Å². The lowest BCUT2D eigenvalue weighted by Gasteiger charge is -2.34. The fraction of sp³-hybridized carbons (Fsp3) is 0.467. The summed E-state index contributed by atoms with van der Waals surface area (Å²) in [6.45, 7) is 1.84. The zero-order valence-corrected chi connectivity index (χ0v) is 13.0. The van der Waals surface area contributed by atoms with E-state index in [0.29, 0.717) is 18.4 Å². The molecule has 2 N–H and O–H groups in total. The molecule has 1 amide bonds. The van der Waals surface area contributed by atoms with Crippen LogP contribution in [0.3, 0.4) is 0 Å². The number of carbonyl (C=O) groups excluding carboxylic acids is 1. The van der Waals surface area contributed by atoms with Gasteiger partial charge in [0.15, 0.2) is 0 Å². The minimum Gasteiger partial charge on any atom is -0.480 e. The fourth-order valence-corrected chi connectivity index (χ4v) is 3.03. The van der Waals surface area contributed by atoms with Crippen LogP contribution in [0.15, 0.2) is 22.7 Å². The molecule has 0 bridgehead atoms. The van der Waals surface area contributed by atoms with Gasteiger partial charge in [0.05, 0.1) is 0 Å². The second-order valence-electron chi connectivity index (χ2n) is 5.36. The number of hydrogen-bond acceptors (Lipinski definition) is 2. The molecule has 5 heteroatoms. The molecule has 1 aromatic carbocycles. The van der Waals surface area contributed by atoms with E-state index in [-0.39, 0.29) is 5.91 Å². The van der Waals surface area contributed by atoms with Gasteiger partial charge in [-0.15, -0.1) is 0 Å². The van der Waals surface area contributed by atoms with Crippen molar-refractivity contribution in [2.75, 3.05) is 0 Å². The van der Waals surface area contributed by atoms with E-state index in [4.69, 9.17) is 0 Å². The lowest BCUT2D eigenvalue weighted by molar-refractivity contribution is -0.145. The van der Waals surface area contributed by atoms with Crippen LogP contribution in [0.1, 0.15) is 48.0 Å². The lowest BCUT2D eigenvalue weighted by atomic mass is 9.81. The maximum atomic E-state index is 12.4. The monoisotopic (exact) mass is 339 g/mol. The van der Waals surface area contributed by atoms with Gasteiger partial charge in [-0.3, -0.25) is 4.79 Å². The minimum atomic E-state index is -1.11. The Morgan fingerprint density at radius 2 is 1.90 bits per heavy atom. The van der Waals surface area contributed by atoms with E-state index in [1.807, 2.05) is 19.1 Å². The number of aryl methyl sites for hydroxylation is 1. The van der Waals surface area contributed by atoms with Crippen molar-refractivity contribution in [1.82, 2.24) is 5.32 Å². The normalized spacial score (nSPS) is 17.5. The largest absolute Gasteiger partial charge is 0.480 e. The summed E-state index contributed by atoms with van der Waals surface area (Å²) < 4.78 is 0.807. The third-order valence-electron chi connectivity index (χ3n) is 3.91. The van der Waals surface area contributed by atoms with Crippen LogP contribution in [0.5, 0.6) is 0 Å². The van der Waals surface area contributed by atoms with Gasteiger partial charge >= 0.3 is 5.97 Å². The average Bonchev–Trinajstić information content (AvgIpc) is 2.42. The zero-order chi connectivity index (χ0) is 14.8. The van der Waals surface area contributed by atoms with Crippen molar-refractivity contribution in [2.45, 2.75) is 44.6 Å². The Bertz CT molecular complexity index is 536. The van der Waals surface area contributed by atoms with Crippen LogP contribution in [0.25, 0.3) is 0 Å². The van der Waals surface area contributed by atoms with Crippen LogP contribution < -0.4 is 5.32 Å². The summed E-state index contributed by atoms with van der Waals surface area (Å²) in [5, 5.41) is 12.2. The third kappa shape index (κ3) is 3.03. The van der Waals surface area contributed by atoms with Gasteiger partial charge in [0.1, 0.15) is 5.54 Å². The van der Waals surface area contributed by atoms with Crippen molar-refractivity contribution in [3.8, 4) is 0 Å². The second kappa shape index (κ2) is 5.95. The number of halogens is 1. The van der Waals surface area contributed by atoms with E-state index in [1.165, 1.54) is 0 Å². The molecule has 0 radical (unpaired) electrons. The molecule has 108 valence electrons. The molecule has 0 heterocycles. The number of benzene rings is 1. The molecular formula is C15H18BrNO3. The molecule has 0 spiro atoms. The number of rotatable bonds is 3. The van der Waals surface area contributed by atoms with Crippen LogP contribution >= 0.6 is 15.9 Å². The summed E-state index contributed by atoms with van der Waals surface area (Å²) in [6, 6.07) is 5.43. The Balaban J connectivity index is 2.24. The highest BCUT2D eigenvalue weighted by Crippen LogP contribution is 2.29. The van der Waals surface area contributed by atoms with E-state index < -0.39 is 11.5 Å². The third-order valence-corrected chi connectivity index (χ3v) is 4.41. The zero-order valence-electron chi connectivity index (χ0n) is 11.4. The topological polar surface area (TPSA) is 66.4 Å². The number of hydrogen-bond donors (Lipinski definition) is 2. The molecule has 1 aromatic rings. The molecule has 0 saturated heterocycles. The maximum absolute atomic E-state index is 12.4. The standard InChI is InChI=1S/C15H18BrNO3/c1-10-5-6-11(16)9-12(10)13(18)17-15(14(19)20)7-3-2-4-8-15/h5-6,9H,2-4,7-8H2,1H3,(H,17,18)(H,19,20). The number of nitrogens with one attached hydrogen (secondary N) is 1. The average molecular weight is 340 g/mol. The highest BCUT2D eigenvalue weighted by Gasteiger charge is 2.41. The smallest absolute Gasteiger partial charge is 0.329 e. The van der Waals surface area contributed by atoms with Gasteiger partial charge < -0.3 is 10.4 Å². The first-order chi connectivity index (χ1) is 9.44. The molecular weight excluding hydrogens is 322 g/mol. The molecule has 0 unspecified atom stereocenters. The van der Waals surface area contributed by atoms with Crippen LogP contribution in [-0.4, -0.2) is 22.5 Å². The first-order valence-electron chi connectivity index (χ1n) is 6.77. The van der Waals surface area contributed by atoms with Gasteiger partial charge in [0.25, 0.3) is 5.91 Å².